The van der Waals surface area contributed by atoms with E-state index in [9.17, 15) is 0 Å². The van der Waals surface area contributed by atoms with Gasteiger partial charge in [-0.3, -0.25) is 0 Å². The molecule has 0 aromatic carbocycles. The Kier molecular flexibility index (Phi) is 2.51. The molecule has 0 bridgehead atoms. The van der Waals surface area contributed by atoms with Crippen molar-refractivity contribution in [3.8, 4) is 0 Å². The predicted molar refractivity (Wildman–Crippen MR) is 72.2 cm³/mol. The van der Waals surface area contributed by atoms with Crippen LogP contribution in [0.5, 0.6) is 0 Å². The molecule has 0 radical (unpaired) electrons. The fourth-order valence-corrected chi connectivity index (χ4v) is 3.01. The summed E-state index contributed by atoms with van der Waals surface area (Å²) in [7, 11) is 0. The fraction of sp³-hybridized carbons (Fsp3) is 0.571. The predicted octanol–water partition coefficient (Wildman–Crippen LogP) is 2.66. The molecule has 0 fully saturated rings. The molecule has 3 rings (SSSR count). The number of H-pyrrole nitrogens is 1. The molecule has 3 heteroatoms. The van der Waals surface area contributed by atoms with Crippen LogP contribution < -0.4 is 10.6 Å². The van der Waals surface area contributed by atoms with Gasteiger partial charge in [-0.1, -0.05) is 25.5 Å². The summed E-state index contributed by atoms with van der Waals surface area (Å²) in [5.74, 6) is 1.22. The third-order valence-corrected chi connectivity index (χ3v) is 3.89. The van der Waals surface area contributed by atoms with Crippen LogP contribution in [0.2, 0.25) is 0 Å². The minimum absolute atomic E-state index is 0.114. The largest absolute Gasteiger partial charge is 0.362 e. The molecule has 1 aromatic heterocycles. The molecule has 1 aromatic rings. The van der Waals surface area contributed by atoms with Crippen molar-refractivity contribution < 1.29 is 0 Å². The number of fused-ring (bicyclic) bond motifs is 3. The van der Waals surface area contributed by atoms with E-state index in [-0.39, 0.29) is 5.54 Å². The third-order valence-electron chi connectivity index (χ3n) is 3.89. The van der Waals surface area contributed by atoms with Crippen LogP contribution in [-0.2, 0) is 13.0 Å². The second-order valence-electron chi connectivity index (χ2n) is 5.42. The van der Waals surface area contributed by atoms with Crippen LogP contribution in [0.15, 0.2) is 6.08 Å². The highest BCUT2D eigenvalue weighted by Gasteiger charge is 2.28. The highest BCUT2D eigenvalue weighted by Crippen LogP contribution is 2.35. The van der Waals surface area contributed by atoms with E-state index in [0.717, 1.165) is 19.5 Å². The van der Waals surface area contributed by atoms with Gasteiger partial charge in [-0.05, 0) is 31.9 Å². The van der Waals surface area contributed by atoms with Crippen molar-refractivity contribution in [3.63, 3.8) is 0 Å². The van der Waals surface area contributed by atoms with E-state index in [2.05, 4.69) is 41.6 Å². The summed E-state index contributed by atoms with van der Waals surface area (Å²) < 4.78 is 0. The van der Waals surface area contributed by atoms with Crippen LogP contribution in [0.1, 0.15) is 43.5 Å². The van der Waals surface area contributed by atoms with Gasteiger partial charge in [0.05, 0.1) is 5.54 Å². The minimum atomic E-state index is 0.114. The topological polar surface area (TPSA) is 39.9 Å². The van der Waals surface area contributed by atoms with Gasteiger partial charge in [-0.2, -0.15) is 0 Å². The maximum Gasteiger partial charge on any atom is 0.111 e. The van der Waals surface area contributed by atoms with Gasteiger partial charge in [0.25, 0.3) is 0 Å². The lowest BCUT2D eigenvalue weighted by Crippen LogP contribution is -2.34. The standard InChI is InChI=1S/C14H21N3/c1-3-6-14(2)7-4-11-10-5-8-15-9-12(10)16-13(11)17-14/h4,7,15-17H,3,5-6,8-9H2,1-2H3. The molecule has 1 atom stereocenters. The van der Waals surface area contributed by atoms with Gasteiger partial charge >= 0.3 is 0 Å². The maximum atomic E-state index is 3.66. The SMILES string of the molecule is CCCC1(C)C=Cc2c([nH]c3c2CCNC3)N1. The molecular weight excluding hydrogens is 210 g/mol. The lowest BCUT2D eigenvalue weighted by atomic mass is 9.90. The number of hydrogen-bond donors (Lipinski definition) is 3. The van der Waals surface area contributed by atoms with E-state index in [0.29, 0.717) is 0 Å². The summed E-state index contributed by atoms with van der Waals surface area (Å²) >= 11 is 0. The van der Waals surface area contributed by atoms with Gasteiger partial charge < -0.3 is 15.6 Å². The first-order chi connectivity index (χ1) is 8.22. The number of nitrogens with one attached hydrogen (secondary N) is 3. The molecular formula is C14H21N3. The molecule has 2 aliphatic heterocycles. The Hall–Kier alpha value is -1.22. The van der Waals surface area contributed by atoms with Crippen LogP contribution >= 0.6 is 0 Å². The normalized spacial score (nSPS) is 26.2. The maximum absolute atomic E-state index is 3.66. The first kappa shape index (κ1) is 10.9. The zero-order chi connectivity index (χ0) is 11.9. The fourth-order valence-electron chi connectivity index (χ4n) is 3.01. The van der Waals surface area contributed by atoms with Crippen molar-refractivity contribution >= 4 is 11.9 Å². The molecule has 1 unspecified atom stereocenters. The lowest BCUT2D eigenvalue weighted by Gasteiger charge is -2.31. The quantitative estimate of drug-likeness (QED) is 0.732. The molecule has 92 valence electrons. The monoisotopic (exact) mass is 231 g/mol. The Morgan fingerprint density at radius 2 is 2.29 bits per heavy atom. The van der Waals surface area contributed by atoms with Gasteiger partial charge in [-0.15, -0.1) is 0 Å². The summed E-state index contributed by atoms with van der Waals surface area (Å²) in [4.78, 5) is 3.54. The molecule has 0 aliphatic carbocycles. The Morgan fingerprint density at radius 3 is 3.12 bits per heavy atom. The second-order valence-corrected chi connectivity index (χ2v) is 5.42. The highest BCUT2D eigenvalue weighted by atomic mass is 15.1. The molecule has 3 nitrogen and oxygen atoms in total. The molecule has 17 heavy (non-hydrogen) atoms. The minimum Gasteiger partial charge on any atom is -0.362 e. The molecule has 0 saturated heterocycles. The average molecular weight is 231 g/mol. The van der Waals surface area contributed by atoms with E-state index in [1.165, 1.54) is 35.5 Å². The zero-order valence-corrected chi connectivity index (χ0v) is 10.7. The van der Waals surface area contributed by atoms with E-state index in [1.54, 1.807) is 0 Å². The molecule has 0 saturated carbocycles. The summed E-state index contributed by atoms with van der Waals surface area (Å²) in [5, 5.41) is 7.07. The van der Waals surface area contributed by atoms with Crippen molar-refractivity contribution in [2.75, 3.05) is 11.9 Å². The highest BCUT2D eigenvalue weighted by molar-refractivity contribution is 5.74. The van der Waals surface area contributed by atoms with Gasteiger partial charge in [0.1, 0.15) is 5.82 Å². The number of aromatic nitrogens is 1. The smallest absolute Gasteiger partial charge is 0.111 e. The van der Waals surface area contributed by atoms with Gasteiger partial charge in [0, 0.05) is 17.8 Å². The van der Waals surface area contributed by atoms with Gasteiger partial charge in [-0.25, -0.2) is 0 Å². The molecule has 0 spiro atoms. The van der Waals surface area contributed by atoms with Crippen LogP contribution in [0.25, 0.3) is 6.08 Å². The number of aromatic amines is 1. The third kappa shape index (κ3) is 1.78. The van der Waals surface area contributed by atoms with Crippen LogP contribution in [-0.4, -0.2) is 17.1 Å². The van der Waals surface area contributed by atoms with Crippen molar-refractivity contribution in [3.05, 3.63) is 22.9 Å². The van der Waals surface area contributed by atoms with Crippen molar-refractivity contribution in [2.24, 2.45) is 0 Å². The van der Waals surface area contributed by atoms with Crippen LogP contribution in [0.3, 0.4) is 0 Å². The number of anilines is 1. The van der Waals surface area contributed by atoms with E-state index >= 15 is 0 Å². The molecule has 3 N–H and O–H groups in total. The first-order valence-electron chi connectivity index (χ1n) is 6.64. The van der Waals surface area contributed by atoms with Gasteiger partial charge in [0.2, 0.25) is 0 Å². The molecule has 3 heterocycles. The van der Waals surface area contributed by atoms with Crippen molar-refractivity contribution in [2.45, 2.75) is 45.2 Å². The second kappa shape index (κ2) is 3.91. The summed E-state index contributed by atoms with van der Waals surface area (Å²) in [6, 6.07) is 0. The van der Waals surface area contributed by atoms with Crippen LogP contribution in [0.4, 0.5) is 5.82 Å². The average Bonchev–Trinajstić information content (AvgIpc) is 2.65. The zero-order valence-electron chi connectivity index (χ0n) is 10.7. The van der Waals surface area contributed by atoms with Crippen molar-refractivity contribution in [1.82, 2.24) is 10.3 Å². The van der Waals surface area contributed by atoms with Crippen molar-refractivity contribution in [1.29, 1.82) is 0 Å². The Bertz CT molecular complexity index is 458. The van der Waals surface area contributed by atoms with Crippen LogP contribution in [0, 0.1) is 0 Å². The molecule has 0 amide bonds. The number of hydrogen-bond acceptors (Lipinski definition) is 2. The number of rotatable bonds is 2. The van der Waals surface area contributed by atoms with E-state index in [4.69, 9.17) is 0 Å². The van der Waals surface area contributed by atoms with E-state index in [1.807, 2.05) is 0 Å². The first-order valence-corrected chi connectivity index (χ1v) is 6.64. The lowest BCUT2D eigenvalue weighted by molar-refractivity contribution is 0.564. The summed E-state index contributed by atoms with van der Waals surface area (Å²) in [5.41, 5.74) is 4.36. The molecule has 2 aliphatic rings. The Labute approximate surface area is 103 Å². The Balaban J connectivity index is 1.96. The summed E-state index contributed by atoms with van der Waals surface area (Å²) in [6.45, 7) is 6.58. The Morgan fingerprint density at radius 1 is 1.41 bits per heavy atom. The summed E-state index contributed by atoms with van der Waals surface area (Å²) in [6.07, 6.45) is 8.14. The van der Waals surface area contributed by atoms with Gasteiger partial charge in [0.15, 0.2) is 0 Å². The van der Waals surface area contributed by atoms with E-state index < -0.39 is 0 Å².